The van der Waals surface area contributed by atoms with Crippen molar-refractivity contribution in [3.63, 3.8) is 0 Å². The standard InChI is InChI=1S/C44H46N4O/c1-5-7-10-15-33-21-24-41-40(27-33)39-23-22-38(30-42(39)47(41)43-28-34(25-26-45-43)16-11-8-6-2)49-37-20-14-19-36(29-37)48-32(4)44(31(3)46-48)35-17-12-9-13-18-35/h9,12-14,17-30H,5-8,10-11,15-16H2,1-4H3. The molecule has 0 saturated heterocycles. The molecule has 5 heteroatoms. The SMILES string of the molecule is CCCCCc1ccnc(-n2c3ccc(CCCCC)cc3c3ccc(Oc4cccc(-n5nc(C)c(-c6ccccc6)c5C)c4)cc32)c1. The zero-order valence-corrected chi connectivity index (χ0v) is 29.2. The normalized spacial score (nSPS) is 11.5. The third-order valence-corrected chi connectivity index (χ3v) is 9.63. The molecule has 0 bridgehead atoms. The summed E-state index contributed by atoms with van der Waals surface area (Å²) in [5.74, 6) is 2.50. The van der Waals surface area contributed by atoms with E-state index >= 15 is 0 Å². The van der Waals surface area contributed by atoms with E-state index in [4.69, 9.17) is 14.8 Å². The number of aromatic nitrogens is 4. The maximum Gasteiger partial charge on any atom is 0.137 e. The Bertz CT molecular complexity index is 2210. The first-order valence-electron chi connectivity index (χ1n) is 18.0. The van der Waals surface area contributed by atoms with Crippen LogP contribution in [0.4, 0.5) is 0 Å². The van der Waals surface area contributed by atoms with Crippen molar-refractivity contribution in [2.75, 3.05) is 0 Å². The topological polar surface area (TPSA) is 44.9 Å². The van der Waals surface area contributed by atoms with Gasteiger partial charge in [0.2, 0.25) is 0 Å². The second-order valence-corrected chi connectivity index (χ2v) is 13.2. The minimum Gasteiger partial charge on any atom is -0.457 e. The highest BCUT2D eigenvalue weighted by atomic mass is 16.5. The molecule has 49 heavy (non-hydrogen) atoms. The Labute approximate surface area is 290 Å². The van der Waals surface area contributed by atoms with Gasteiger partial charge in [0, 0.05) is 40.4 Å². The molecular formula is C44H46N4O. The molecule has 0 atom stereocenters. The van der Waals surface area contributed by atoms with Gasteiger partial charge in [-0.3, -0.25) is 4.57 Å². The molecule has 5 nitrogen and oxygen atoms in total. The van der Waals surface area contributed by atoms with Crippen LogP contribution in [0.2, 0.25) is 0 Å². The molecule has 3 aromatic heterocycles. The summed E-state index contributed by atoms with van der Waals surface area (Å²) in [4.78, 5) is 4.90. The van der Waals surface area contributed by atoms with E-state index < -0.39 is 0 Å². The molecule has 0 unspecified atom stereocenters. The van der Waals surface area contributed by atoms with Crippen molar-refractivity contribution in [3.05, 3.63) is 132 Å². The lowest BCUT2D eigenvalue weighted by atomic mass is 10.0. The Morgan fingerprint density at radius 1 is 0.633 bits per heavy atom. The zero-order chi connectivity index (χ0) is 33.7. The van der Waals surface area contributed by atoms with E-state index in [0.717, 1.165) is 52.8 Å². The Morgan fingerprint density at radius 2 is 1.39 bits per heavy atom. The lowest BCUT2D eigenvalue weighted by Crippen LogP contribution is -2.00. The van der Waals surface area contributed by atoms with Gasteiger partial charge in [-0.05, 0) is 105 Å². The van der Waals surface area contributed by atoms with E-state index in [1.165, 1.54) is 77.1 Å². The summed E-state index contributed by atoms with van der Waals surface area (Å²) in [6.07, 6.45) is 11.5. The number of hydrogen-bond donors (Lipinski definition) is 0. The molecule has 0 aliphatic rings. The minimum atomic E-state index is 0.766. The van der Waals surface area contributed by atoms with E-state index in [2.05, 4.69) is 117 Å². The minimum absolute atomic E-state index is 0.766. The maximum absolute atomic E-state index is 6.60. The highest BCUT2D eigenvalue weighted by molar-refractivity contribution is 6.09. The molecule has 0 N–H and O–H groups in total. The summed E-state index contributed by atoms with van der Waals surface area (Å²) in [6.45, 7) is 8.72. The van der Waals surface area contributed by atoms with Crippen LogP contribution >= 0.6 is 0 Å². The largest absolute Gasteiger partial charge is 0.457 e. The van der Waals surface area contributed by atoms with Gasteiger partial charge in [-0.25, -0.2) is 9.67 Å². The molecule has 0 radical (unpaired) electrons. The van der Waals surface area contributed by atoms with E-state index in [-0.39, 0.29) is 0 Å². The summed E-state index contributed by atoms with van der Waals surface area (Å²) in [7, 11) is 0. The second kappa shape index (κ2) is 14.5. The van der Waals surface area contributed by atoms with Gasteiger partial charge in [0.1, 0.15) is 17.3 Å². The number of unbranched alkanes of at least 4 members (excludes halogenated alkanes) is 4. The summed E-state index contributed by atoms with van der Waals surface area (Å²) < 4.78 is 10.9. The second-order valence-electron chi connectivity index (χ2n) is 13.2. The first kappa shape index (κ1) is 32.4. The molecule has 0 amide bonds. The van der Waals surface area contributed by atoms with Crippen molar-refractivity contribution in [1.82, 2.24) is 19.3 Å². The molecule has 0 spiro atoms. The lowest BCUT2D eigenvalue weighted by Gasteiger charge is -2.11. The van der Waals surface area contributed by atoms with Crippen LogP contribution in [0.5, 0.6) is 11.5 Å². The lowest BCUT2D eigenvalue weighted by molar-refractivity contribution is 0.482. The van der Waals surface area contributed by atoms with Crippen molar-refractivity contribution in [1.29, 1.82) is 0 Å². The number of benzene rings is 4. The van der Waals surface area contributed by atoms with Crippen molar-refractivity contribution < 1.29 is 4.74 Å². The molecule has 0 aliphatic heterocycles. The Kier molecular flexibility index (Phi) is 9.61. The van der Waals surface area contributed by atoms with Gasteiger partial charge in [-0.15, -0.1) is 0 Å². The first-order valence-corrected chi connectivity index (χ1v) is 18.0. The van der Waals surface area contributed by atoms with E-state index in [0.29, 0.717) is 0 Å². The summed E-state index contributed by atoms with van der Waals surface area (Å²) in [6, 6.07) is 36.5. The van der Waals surface area contributed by atoms with Gasteiger partial charge in [0.05, 0.1) is 22.4 Å². The number of pyridine rings is 1. The van der Waals surface area contributed by atoms with E-state index in [9.17, 15) is 0 Å². The monoisotopic (exact) mass is 646 g/mol. The Morgan fingerprint density at radius 3 is 2.16 bits per heavy atom. The molecular weight excluding hydrogens is 601 g/mol. The molecule has 3 heterocycles. The van der Waals surface area contributed by atoms with Crippen LogP contribution in [-0.2, 0) is 12.8 Å². The highest BCUT2D eigenvalue weighted by Gasteiger charge is 2.17. The first-order chi connectivity index (χ1) is 24.0. The average molecular weight is 647 g/mol. The zero-order valence-electron chi connectivity index (χ0n) is 29.2. The summed E-state index contributed by atoms with van der Waals surface area (Å²) in [5, 5.41) is 7.40. The number of fused-ring (bicyclic) bond motifs is 3. The number of aryl methyl sites for hydroxylation is 3. The van der Waals surface area contributed by atoms with Gasteiger partial charge in [-0.1, -0.05) is 82.0 Å². The average Bonchev–Trinajstić information content (AvgIpc) is 3.61. The van der Waals surface area contributed by atoms with Crippen LogP contribution in [0.3, 0.4) is 0 Å². The molecule has 0 fully saturated rings. The van der Waals surface area contributed by atoms with Gasteiger partial charge >= 0.3 is 0 Å². The van der Waals surface area contributed by atoms with Crippen LogP contribution < -0.4 is 4.74 Å². The number of ether oxygens (including phenoxy) is 1. The van der Waals surface area contributed by atoms with E-state index in [1.54, 1.807) is 0 Å². The van der Waals surface area contributed by atoms with Crippen LogP contribution in [0.25, 0.3) is 44.4 Å². The smallest absolute Gasteiger partial charge is 0.137 e. The Hall–Kier alpha value is -5.16. The van der Waals surface area contributed by atoms with Gasteiger partial charge in [0.15, 0.2) is 0 Å². The van der Waals surface area contributed by atoms with Crippen molar-refractivity contribution in [2.24, 2.45) is 0 Å². The van der Waals surface area contributed by atoms with Crippen LogP contribution in [0.1, 0.15) is 74.9 Å². The Balaban J connectivity index is 1.27. The predicted octanol–water partition coefficient (Wildman–Crippen LogP) is 11.9. The fourth-order valence-corrected chi connectivity index (χ4v) is 7.14. The molecule has 248 valence electrons. The van der Waals surface area contributed by atoms with Gasteiger partial charge in [-0.2, -0.15) is 5.10 Å². The molecule has 0 aliphatic carbocycles. The third-order valence-electron chi connectivity index (χ3n) is 9.63. The molecule has 7 rings (SSSR count). The quantitative estimate of drug-likeness (QED) is 0.117. The highest BCUT2D eigenvalue weighted by Crippen LogP contribution is 2.36. The van der Waals surface area contributed by atoms with Crippen molar-refractivity contribution >= 4 is 21.8 Å². The van der Waals surface area contributed by atoms with Crippen LogP contribution in [0, 0.1) is 13.8 Å². The van der Waals surface area contributed by atoms with Crippen LogP contribution in [-0.4, -0.2) is 19.3 Å². The summed E-state index contributed by atoms with van der Waals surface area (Å²) in [5.41, 5.74) is 10.4. The van der Waals surface area contributed by atoms with Gasteiger partial charge < -0.3 is 4.74 Å². The fraction of sp³-hybridized carbons (Fsp3) is 0.273. The van der Waals surface area contributed by atoms with Crippen molar-refractivity contribution in [2.45, 2.75) is 79.1 Å². The molecule has 0 saturated carbocycles. The number of nitrogens with zero attached hydrogens (tertiary/aromatic N) is 4. The summed E-state index contributed by atoms with van der Waals surface area (Å²) >= 11 is 0. The number of hydrogen-bond acceptors (Lipinski definition) is 3. The molecule has 7 aromatic rings. The molecule has 4 aromatic carbocycles. The fourth-order valence-electron chi connectivity index (χ4n) is 7.14. The van der Waals surface area contributed by atoms with Gasteiger partial charge in [0.25, 0.3) is 0 Å². The third kappa shape index (κ3) is 6.76. The van der Waals surface area contributed by atoms with E-state index in [1.807, 2.05) is 29.1 Å². The van der Waals surface area contributed by atoms with Crippen LogP contribution in [0.15, 0.2) is 109 Å². The van der Waals surface area contributed by atoms with Crippen molar-refractivity contribution in [3.8, 4) is 34.1 Å². The predicted molar refractivity (Wildman–Crippen MR) is 204 cm³/mol. The number of rotatable bonds is 13. The maximum atomic E-state index is 6.60.